The fourth-order valence-electron chi connectivity index (χ4n) is 4.77. The lowest BCUT2D eigenvalue weighted by Gasteiger charge is -2.25. The van der Waals surface area contributed by atoms with E-state index >= 15 is 0 Å². The predicted octanol–water partition coefficient (Wildman–Crippen LogP) is 4.02. The maximum Gasteiger partial charge on any atom is 0.238 e. The normalized spacial score (nSPS) is 16.6. The smallest absolute Gasteiger partial charge is 0.238 e. The highest BCUT2D eigenvalue weighted by Crippen LogP contribution is 2.35. The fourth-order valence-corrected chi connectivity index (χ4v) is 4.77. The molecule has 1 unspecified atom stereocenters. The molecule has 154 valence electrons. The van der Waals surface area contributed by atoms with Crippen LogP contribution in [-0.2, 0) is 11.2 Å². The molecule has 2 aliphatic carbocycles. The van der Waals surface area contributed by atoms with Gasteiger partial charge in [0.05, 0.1) is 17.8 Å². The number of amides is 1. The van der Waals surface area contributed by atoms with Crippen LogP contribution in [0, 0.1) is 0 Å². The summed E-state index contributed by atoms with van der Waals surface area (Å²) in [5.41, 5.74) is 4.37. The van der Waals surface area contributed by atoms with Crippen LogP contribution in [0.25, 0.3) is 0 Å². The van der Waals surface area contributed by atoms with Gasteiger partial charge in [-0.2, -0.15) is 0 Å². The van der Waals surface area contributed by atoms with Gasteiger partial charge in [0.25, 0.3) is 0 Å². The van der Waals surface area contributed by atoms with Crippen LogP contribution in [0.3, 0.4) is 0 Å². The van der Waals surface area contributed by atoms with Crippen molar-refractivity contribution >= 4 is 23.2 Å². The molecule has 0 aromatic heterocycles. The Morgan fingerprint density at radius 2 is 1.58 bits per heavy atom. The number of rotatable bonds is 4. The van der Waals surface area contributed by atoms with Crippen molar-refractivity contribution in [3.05, 3.63) is 100 Å². The van der Waals surface area contributed by atoms with Crippen molar-refractivity contribution in [2.75, 3.05) is 18.9 Å². The van der Waals surface area contributed by atoms with Crippen LogP contribution in [0.4, 0.5) is 5.69 Å². The fraction of sp³-hybridized carbons (Fsp3) is 0.192. The van der Waals surface area contributed by atoms with E-state index in [1.54, 1.807) is 42.5 Å². The second-order valence-electron chi connectivity index (χ2n) is 8.15. The number of carbonyl (C=O) groups excluding carboxylic acids is 3. The zero-order valence-electron chi connectivity index (χ0n) is 17.2. The number of nitrogens with one attached hydrogen (secondary N) is 1. The van der Waals surface area contributed by atoms with Gasteiger partial charge in [0.2, 0.25) is 5.91 Å². The van der Waals surface area contributed by atoms with Gasteiger partial charge in [-0.1, -0.05) is 60.7 Å². The largest absolute Gasteiger partial charge is 0.324 e. The number of likely N-dealkylation sites (N-methyl/N-ethyl adjacent to an activating group) is 1. The van der Waals surface area contributed by atoms with Crippen molar-refractivity contribution in [3.8, 4) is 0 Å². The average Bonchev–Trinajstić information content (AvgIpc) is 3.22. The van der Waals surface area contributed by atoms with Crippen LogP contribution in [0.2, 0.25) is 0 Å². The summed E-state index contributed by atoms with van der Waals surface area (Å²) in [7, 11) is 1.94. The van der Waals surface area contributed by atoms with E-state index in [2.05, 4.69) is 17.4 Å². The molecule has 3 aromatic carbocycles. The molecule has 1 atom stereocenters. The summed E-state index contributed by atoms with van der Waals surface area (Å²) in [5, 5.41) is 2.88. The third-order valence-electron chi connectivity index (χ3n) is 6.25. The maximum atomic E-state index is 13.1. The lowest BCUT2D eigenvalue weighted by Crippen LogP contribution is -2.33. The van der Waals surface area contributed by atoms with E-state index in [4.69, 9.17) is 0 Å². The molecule has 2 aliphatic rings. The topological polar surface area (TPSA) is 66.5 Å². The molecule has 1 N–H and O–H groups in total. The molecule has 5 nitrogen and oxygen atoms in total. The van der Waals surface area contributed by atoms with Crippen molar-refractivity contribution in [2.24, 2.45) is 0 Å². The van der Waals surface area contributed by atoms with Gasteiger partial charge in [-0.05, 0) is 37.1 Å². The first kappa shape index (κ1) is 19.4. The number of fused-ring (bicyclic) bond motifs is 3. The van der Waals surface area contributed by atoms with E-state index in [0.717, 1.165) is 12.8 Å². The van der Waals surface area contributed by atoms with Crippen molar-refractivity contribution in [1.82, 2.24) is 4.90 Å². The van der Waals surface area contributed by atoms with Gasteiger partial charge in [0.1, 0.15) is 0 Å². The van der Waals surface area contributed by atoms with Crippen molar-refractivity contribution in [1.29, 1.82) is 0 Å². The first-order valence-electron chi connectivity index (χ1n) is 10.4. The molecule has 3 aromatic rings. The molecule has 0 radical (unpaired) electrons. The van der Waals surface area contributed by atoms with Crippen LogP contribution in [0.1, 0.15) is 55.4 Å². The Kier molecular flexibility index (Phi) is 4.75. The molecule has 31 heavy (non-hydrogen) atoms. The Hall–Kier alpha value is -3.57. The molecule has 5 heteroatoms. The number of carbonyl (C=O) groups is 3. The first-order chi connectivity index (χ1) is 15.0. The first-order valence-corrected chi connectivity index (χ1v) is 10.4. The molecule has 0 aliphatic heterocycles. The molecular formula is C26H22N2O3. The number of hydrogen-bond donors (Lipinski definition) is 1. The maximum absolute atomic E-state index is 13.1. The number of ketones is 2. The quantitative estimate of drug-likeness (QED) is 0.552. The second-order valence-corrected chi connectivity index (χ2v) is 8.15. The van der Waals surface area contributed by atoms with E-state index in [-0.39, 0.29) is 35.6 Å². The molecule has 0 saturated carbocycles. The number of aryl methyl sites for hydroxylation is 1. The number of hydrogen-bond acceptors (Lipinski definition) is 4. The molecule has 0 fully saturated rings. The Morgan fingerprint density at radius 1 is 0.903 bits per heavy atom. The van der Waals surface area contributed by atoms with Gasteiger partial charge in [0.15, 0.2) is 11.6 Å². The molecule has 0 heterocycles. The Bertz CT molecular complexity index is 1230. The monoisotopic (exact) mass is 410 g/mol. The zero-order chi connectivity index (χ0) is 21.5. The standard InChI is InChI=1S/C26H22N2O3/c1-28(22-14-13-16-7-2-3-8-17(16)22)15-23(29)27-21-12-6-11-20-24(21)26(31)19-10-5-4-9-18(19)25(20)30/h2-12,22H,13-15H2,1H3,(H,27,29). The van der Waals surface area contributed by atoms with Crippen LogP contribution < -0.4 is 5.32 Å². The van der Waals surface area contributed by atoms with Crippen LogP contribution in [0.15, 0.2) is 66.7 Å². The van der Waals surface area contributed by atoms with E-state index in [1.165, 1.54) is 11.1 Å². The van der Waals surface area contributed by atoms with Crippen molar-refractivity contribution < 1.29 is 14.4 Å². The van der Waals surface area contributed by atoms with E-state index < -0.39 is 0 Å². The summed E-state index contributed by atoms with van der Waals surface area (Å²) < 4.78 is 0. The van der Waals surface area contributed by atoms with Crippen LogP contribution in [-0.4, -0.2) is 36.0 Å². The Balaban J connectivity index is 1.37. The molecule has 0 saturated heterocycles. The Labute approximate surface area is 180 Å². The third-order valence-corrected chi connectivity index (χ3v) is 6.25. The SMILES string of the molecule is CN(CC(=O)Nc1cccc2c1C(=O)c1ccccc1C2=O)C1CCc2ccccc21. The molecule has 0 bridgehead atoms. The second kappa shape index (κ2) is 7.60. The van der Waals surface area contributed by atoms with E-state index in [9.17, 15) is 14.4 Å². The van der Waals surface area contributed by atoms with E-state index in [1.807, 2.05) is 24.1 Å². The number of nitrogens with zero attached hydrogens (tertiary/aromatic N) is 1. The highest BCUT2D eigenvalue weighted by Gasteiger charge is 2.32. The summed E-state index contributed by atoms with van der Waals surface area (Å²) in [6, 6.07) is 20.4. The van der Waals surface area contributed by atoms with Gasteiger partial charge in [-0.15, -0.1) is 0 Å². The summed E-state index contributed by atoms with van der Waals surface area (Å²) in [4.78, 5) is 40.9. The highest BCUT2D eigenvalue weighted by atomic mass is 16.2. The molecular weight excluding hydrogens is 388 g/mol. The number of benzene rings is 3. The minimum Gasteiger partial charge on any atom is -0.324 e. The van der Waals surface area contributed by atoms with Gasteiger partial charge in [-0.3, -0.25) is 19.3 Å². The zero-order valence-corrected chi connectivity index (χ0v) is 17.2. The van der Waals surface area contributed by atoms with Crippen molar-refractivity contribution in [3.63, 3.8) is 0 Å². The third kappa shape index (κ3) is 3.27. The average molecular weight is 410 g/mol. The molecule has 1 amide bonds. The lowest BCUT2D eigenvalue weighted by atomic mass is 9.83. The van der Waals surface area contributed by atoms with Gasteiger partial charge in [0, 0.05) is 22.7 Å². The van der Waals surface area contributed by atoms with E-state index in [0.29, 0.717) is 22.4 Å². The summed E-state index contributed by atoms with van der Waals surface area (Å²) in [5.74, 6) is -0.639. The van der Waals surface area contributed by atoms with Crippen LogP contribution >= 0.6 is 0 Å². The molecule has 5 rings (SSSR count). The Morgan fingerprint density at radius 3 is 2.39 bits per heavy atom. The highest BCUT2D eigenvalue weighted by molar-refractivity contribution is 6.30. The predicted molar refractivity (Wildman–Crippen MR) is 119 cm³/mol. The summed E-state index contributed by atoms with van der Waals surface area (Å²) >= 11 is 0. The molecule has 0 spiro atoms. The lowest BCUT2D eigenvalue weighted by molar-refractivity contribution is -0.117. The van der Waals surface area contributed by atoms with Crippen molar-refractivity contribution in [2.45, 2.75) is 18.9 Å². The number of anilines is 1. The minimum absolute atomic E-state index is 0.194. The summed E-state index contributed by atoms with van der Waals surface area (Å²) in [6.07, 6.45) is 1.99. The summed E-state index contributed by atoms with van der Waals surface area (Å²) in [6.45, 7) is 0.196. The van der Waals surface area contributed by atoms with Gasteiger partial charge >= 0.3 is 0 Å². The van der Waals surface area contributed by atoms with Crippen LogP contribution in [0.5, 0.6) is 0 Å². The van der Waals surface area contributed by atoms with Gasteiger partial charge in [-0.25, -0.2) is 0 Å². The van der Waals surface area contributed by atoms with Gasteiger partial charge < -0.3 is 5.32 Å². The minimum atomic E-state index is -0.237.